The number of hydrogen-bond donors (Lipinski definition) is 1. The molecule has 1 amide bonds. The Labute approximate surface area is 212 Å². The van der Waals surface area contributed by atoms with Gasteiger partial charge in [-0.3, -0.25) is 9.88 Å². The molecule has 2 aromatic heterocycles. The van der Waals surface area contributed by atoms with Gasteiger partial charge in [-0.1, -0.05) is 0 Å². The minimum Gasteiger partial charge on any atom is -0.476 e. The van der Waals surface area contributed by atoms with Gasteiger partial charge in [0.2, 0.25) is 11.8 Å². The van der Waals surface area contributed by atoms with Crippen LogP contribution in [0.2, 0.25) is 0 Å². The number of piperazine rings is 1. The molecule has 2 N–H and O–H groups in total. The Kier molecular flexibility index (Phi) is 8.07. The van der Waals surface area contributed by atoms with Crippen LogP contribution in [0.4, 0.5) is 23.9 Å². The average molecular weight is 517 g/mol. The second kappa shape index (κ2) is 11.4. The minimum absolute atomic E-state index is 0.0790. The van der Waals surface area contributed by atoms with Crippen molar-refractivity contribution < 1.29 is 27.4 Å². The lowest BCUT2D eigenvalue weighted by Gasteiger charge is -2.33. The third kappa shape index (κ3) is 6.26. The van der Waals surface area contributed by atoms with Crippen LogP contribution in [0, 0.1) is 12.7 Å². The monoisotopic (exact) mass is 516 g/mol. The van der Waals surface area contributed by atoms with Crippen molar-refractivity contribution in [3.8, 4) is 28.3 Å². The fraction of sp³-hybridized carbons (Fsp3) is 0.360. The summed E-state index contributed by atoms with van der Waals surface area (Å²) in [7, 11) is 1.35. The van der Waals surface area contributed by atoms with E-state index in [0.717, 1.165) is 0 Å². The van der Waals surface area contributed by atoms with Crippen molar-refractivity contribution in [3.05, 3.63) is 53.6 Å². The molecule has 1 aliphatic rings. The van der Waals surface area contributed by atoms with Gasteiger partial charge in [-0.2, -0.15) is 4.98 Å². The Balaban J connectivity index is 1.64. The summed E-state index contributed by atoms with van der Waals surface area (Å²) in [5.74, 6) is -0.397. The van der Waals surface area contributed by atoms with E-state index in [0.29, 0.717) is 60.8 Å². The van der Waals surface area contributed by atoms with E-state index in [9.17, 15) is 18.0 Å². The predicted molar refractivity (Wildman–Crippen MR) is 131 cm³/mol. The molecule has 0 bridgehead atoms. The summed E-state index contributed by atoms with van der Waals surface area (Å²) >= 11 is 0. The number of carbonyl (C=O) groups is 1. The topological polar surface area (TPSA) is 107 Å². The van der Waals surface area contributed by atoms with Gasteiger partial charge in [-0.25, -0.2) is 22.9 Å². The molecule has 12 heteroatoms. The van der Waals surface area contributed by atoms with E-state index < -0.39 is 17.9 Å². The van der Waals surface area contributed by atoms with Crippen LogP contribution in [0.5, 0.6) is 5.88 Å². The van der Waals surface area contributed by atoms with Crippen molar-refractivity contribution >= 4 is 12.0 Å². The Morgan fingerprint density at radius 1 is 1.05 bits per heavy atom. The maximum atomic E-state index is 13.6. The molecule has 0 atom stereocenters. The van der Waals surface area contributed by atoms with Crippen molar-refractivity contribution in [3.63, 3.8) is 0 Å². The molecule has 196 valence electrons. The second-order valence-corrected chi connectivity index (χ2v) is 8.49. The highest BCUT2D eigenvalue weighted by Crippen LogP contribution is 2.39. The molecule has 0 aliphatic carbocycles. The van der Waals surface area contributed by atoms with Gasteiger partial charge >= 0.3 is 6.09 Å². The highest BCUT2D eigenvalue weighted by atomic mass is 19.3. The zero-order chi connectivity index (χ0) is 26.5. The van der Waals surface area contributed by atoms with Gasteiger partial charge in [0.1, 0.15) is 18.1 Å². The van der Waals surface area contributed by atoms with Crippen molar-refractivity contribution in [2.24, 2.45) is 0 Å². The molecule has 9 nitrogen and oxygen atoms in total. The minimum atomic E-state index is -2.78. The maximum Gasteiger partial charge on any atom is 0.409 e. The van der Waals surface area contributed by atoms with Crippen molar-refractivity contribution in [1.82, 2.24) is 24.8 Å². The predicted octanol–water partition coefficient (Wildman–Crippen LogP) is 3.94. The van der Waals surface area contributed by atoms with E-state index >= 15 is 0 Å². The molecule has 0 saturated carbocycles. The van der Waals surface area contributed by atoms with Crippen LogP contribution in [0.25, 0.3) is 22.4 Å². The third-order valence-electron chi connectivity index (χ3n) is 5.95. The summed E-state index contributed by atoms with van der Waals surface area (Å²) in [6.07, 6.45) is -3.14. The summed E-state index contributed by atoms with van der Waals surface area (Å²) < 4.78 is 51.5. The van der Waals surface area contributed by atoms with E-state index in [1.54, 1.807) is 17.9 Å². The Morgan fingerprint density at radius 2 is 1.76 bits per heavy atom. The van der Waals surface area contributed by atoms with E-state index in [-0.39, 0.29) is 24.5 Å². The van der Waals surface area contributed by atoms with Crippen LogP contribution >= 0.6 is 0 Å². The number of nitrogen functional groups attached to an aromatic ring is 1. The van der Waals surface area contributed by atoms with E-state index in [1.807, 2.05) is 0 Å². The molecular weight excluding hydrogens is 489 g/mol. The van der Waals surface area contributed by atoms with Gasteiger partial charge in [0.25, 0.3) is 6.43 Å². The molecule has 1 saturated heterocycles. The van der Waals surface area contributed by atoms with Crippen LogP contribution in [-0.4, -0.2) is 77.3 Å². The zero-order valence-electron chi connectivity index (χ0n) is 20.5. The molecule has 1 fully saturated rings. The number of ether oxygens (including phenoxy) is 2. The van der Waals surface area contributed by atoms with Gasteiger partial charge in [0.05, 0.1) is 18.4 Å². The molecule has 3 aromatic rings. The fourth-order valence-electron chi connectivity index (χ4n) is 4.14. The number of benzene rings is 1. The van der Waals surface area contributed by atoms with Crippen LogP contribution < -0.4 is 10.5 Å². The number of amides is 1. The normalized spacial score (nSPS) is 14.2. The lowest BCUT2D eigenvalue weighted by molar-refractivity contribution is 0.0857. The molecule has 1 aliphatic heterocycles. The van der Waals surface area contributed by atoms with Crippen LogP contribution in [0.15, 0.2) is 36.4 Å². The lowest BCUT2D eigenvalue weighted by atomic mass is 9.99. The number of pyridine rings is 1. The summed E-state index contributed by atoms with van der Waals surface area (Å²) in [4.78, 5) is 28.0. The van der Waals surface area contributed by atoms with Gasteiger partial charge in [0, 0.05) is 44.0 Å². The summed E-state index contributed by atoms with van der Waals surface area (Å²) in [5, 5.41) is 0. The molecule has 3 heterocycles. The number of hydrogen-bond acceptors (Lipinski definition) is 8. The summed E-state index contributed by atoms with van der Waals surface area (Å²) in [5.41, 5.74) is 7.53. The first-order chi connectivity index (χ1) is 17.7. The summed E-state index contributed by atoms with van der Waals surface area (Å²) in [6, 6.07) is 8.48. The van der Waals surface area contributed by atoms with Crippen LogP contribution in [0.1, 0.15) is 17.8 Å². The molecule has 37 heavy (non-hydrogen) atoms. The van der Waals surface area contributed by atoms with Gasteiger partial charge in [-0.15, -0.1) is 0 Å². The third-order valence-corrected chi connectivity index (χ3v) is 5.95. The average Bonchev–Trinajstić information content (AvgIpc) is 2.88. The fourth-order valence-corrected chi connectivity index (χ4v) is 4.14. The number of halogens is 3. The molecule has 0 spiro atoms. The first-order valence-electron chi connectivity index (χ1n) is 11.6. The SMILES string of the molecule is COC(=O)N1CCN(CCOc2nc(N)nc(-c3ccc(F)cc3)c2-c2cc(C)nc(C(F)F)c2)CC1. The number of aryl methyl sites for hydroxylation is 1. The number of methoxy groups -OCH3 is 1. The highest BCUT2D eigenvalue weighted by molar-refractivity contribution is 5.85. The van der Waals surface area contributed by atoms with Crippen molar-refractivity contribution in [1.29, 1.82) is 0 Å². The number of alkyl halides is 2. The van der Waals surface area contributed by atoms with Crippen LogP contribution in [-0.2, 0) is 4.74 Å². The highest BCUT2D eigenvalue weighted by Gasteiger charge is 2.23. The standard InChI is InChI=1S/C25H27F3N6O3/c1-15-13-17(14-19(30-15)22(27)28)20-21(16-3-5-18(26)6-4-16)31-24(29)32-23(20)37-12-11-33-7-9-34(10-8-33)25(35)36-2/h3-6,13-14,22H,7-12H2,1-2H3,(H2,29,31,32). The zero-order valence-corrected chi connectivity index (χ0v) is 20.5. The molecular formula is C25H27F3N6O3. The number of nitrogens with two attached hydrogens (primary N) is 1. The second-order valence-electron chi connectivity index (χ2n) is 8.49. The van der Waals surface area contributed by atoms with Crippen molar-refractivity contribution in [2.45, 2.75) is 13.3 Å². The van der Waals surface area contributed by atoms with Gasteiger partial charge < -0.3 is 20.1 Å². The van der Waals surface area contributed by atoms with E-state index in [4.69, 9.17) is 15.2 Å². The maximum absolute atomic E-state index is 13.6. The Hall–Kier alpha value is -3.93. The largest absolute Gasteiger partial charge is 0.476 e. The van der Waals surface area contributed by atoms with Gasteiger partial charge in [0.15, 0.2) is 0 Å². The van der Waals surface area contributed by atoms with E-state index in [2.05, 4.69) is 19.9 Å². The quantitative estimate of drug-likeness (QED) is 0.504. The number of carbonyl (C=O) groups excluding carboxylic acids is 1. The first kappa shape index (κ1) is 26.1. The molecule has 1 aromatic carbocycles. The van der Waals surface area contributed by atoms with E-state index in [1.165, 1.54) is 37.4 Å². The number of nitrogens with zero attached hydrogens (tertiary/aromatic N) is 5. The lowest BCUT2D eigenvalue weighted by Crippen LogP contribution is -2.49. The smallest absolute Gasteiger partial charge is 0.409 e. The molecule has 4 rings (SSSR count). The Morgan fingerprint density at radius 3 is 2.41 bits per heavy atom. The first-order valence-corrected chi connectivity index (χ1v) is 11.6. The number of anilines is 1. The summed E-state index contributed by atoms with van der Waals surface area (Å²) in [6.45, 7) is 4.69. The van der Waals surface area contributed by atoms with Gasteiger partial charge in [-0.05, 0) is 48.9 Å². The molecule has 0 radical (unpaired) electrons. The van der Waals surface area contributed by atoms with Crippen molar-refractivity contribution in [2.75, 3.05) is 52.2 Å². The Bertz CT molecular complexity index is 1250. The molecule has 0 unspecified atom stereocenters. The van der Waals surface area contributed by atoms with Crippen LogP contribution in [0.3, 0.4) is 0 Å². The number of rotatable bonds is 7. The number of aromatic nitrogens is 3.